The second kappa shape index (κ2) is 6.84. The van der Waals surface area contributed by atoms with Gasteiger partial charge < -0.3 is 20.2 Å². The highest BCUT2D eigenvalue weighted by Gasteiger charge is 2.55. The molecule has 2 aromatic rings. The number of fused-ring (bicyclic) bond motifs is 1. The van der Waals surface area contributed by atoms with Gasteiger partial charge in [-0.15, -0.1) is 0 Å². The Balaban J connectivity index is 1.80. The van der Waals surface area contributed by atoms with Crippen molar-refractivity contribution in [3.05, 3.63) is 59.2 Å². The SMILES string of the molecule is Cc1ccc(O)c(C2NNC3C(=O)N(CCO)C(c4cccc(O)c4)C32)c1. The van der Waals surface area contributed by atoms with Crippen LogP contribution in [-0.2, 0) is 4.79 Å². The molecule has 0 saturated carbocycles. The van der Waals surface area contributed by atoms with Crippen LogP contribution in [0.4, 0.5) is 0 Å². The predicted octanol–water partition coefficient (Wildman–Crippen LogP) is 1.12. The number of carbonyl (C=O) groups excluding carboxylic acids is 1. The summed E-state index contributed by atoms with van der Waals surface area (Å²) in [7, 11) is 0. The number of amides is 1. The summed E-state index contributed by atoms with van der Waals surface area (Å²) < 4.78 is 0. The molecule has 0 radical (unpaired) electrons. The maximum Gasteiger partial charge on any atom is 0.242 e. The quantitative estimate of drug-likeness (QED) is 0.553. The number of benzene rings is 2. The number of β-amino-alcohol motifs (C(OH)–C–C–N with tert-alkyl or cyclic N) is 1. The number of aliphatic hydroxyl groups is 1. The molecule has 27 heavy (non-hydrogen) atoms. The monoisotopic (exact) mass is 369 g/mol. The summed E-state index contributed by atoms with van der Waals surface area (Å²) >= 11 is 0. The fourth-order valence-corrected chi connectivity index (χ4v) is 4.36. The fraction of sp³-hybridized carbons (Fsp3) is 0.350. The van der Waals surface area contributed by atoms with Crippen LogP contribution in [0.1, 0.15) is 28.8 Å². The third kappa shape index (κ3) is 2.93. The topological polar surface area (TPSA) is 105 Å². The number of phenolic OH excluding ortho intramolecular Hbond substituents is 2. The van der Waals surface area contributed by atoms with Crippen LogP contribution in [0.25, 0.3) is 0 Å². The maximum absolute atomic E-state index is 13.0. The number of hydrogen-bond acceptors (Lipinski definition) is 6. The molecule has 2 saturated heterocycles. The third-order valence-corrected chi connectivity index (χ3v) is 5.48. The van der Waals surface area contributed by atoms with Crippen LogP contribution in [-0.4, -0.2) is 45.3 Å². The van der Waals surface area contributed by atoms with Crippen LogP contribution >= 0.6 is 0 Å². The average molecular weight is 369 g/mol. The summed E-state index contributed by atoms with van der Waals surface area (Å²) in [5, 5.41) is 29.8. The summed E-state index contributed by atoms with van der Waals surface area (Å²) in [5.74, 6) is -0.0208. The molecule has 4 rings (SSSR count). The van der Waals surface area contributed by atoms with Crippen molar-refractivity contribution in [3.8, 4) is 11.5 Å². The number of aryl methyl sites for hydroxylation is 1. The van der Waals surface area contributed by atoms with E-state index in [1.807, 2.05) is 25.1 Å². The first-order valence-corrected chi connectivity index (χ1v) is 9.02. The number of aliphatic hydroxyl groups excluding tert-OH is 1. The Kier molecular flexibility index (Phi) is 4.51. The largest absolute Gasteiger partial charge is 0.508 e. The van der Waals surface area contributed by atoms with Crippen molar-refractivity contribution in [1.29, 1.82) is 0 Å². The van der Waals surface area contributed by atoms with Crippen molar-refractivity contribution in [1.82, 2.24) is 15.8 Å². The van der Waals surface area contributed by atoms with Crippen LogP contribution in [0, 0.1) is 12.8 Å². The standard InChI is InChI=1S/C20H23N3O4/c1-11-5-6-15(26)14(9-11)17-16-18(22-21-17)20(27)23(7-8-24)19(16)12-3-2-4-13(25)10-12/h2-6,9-10,16-19,21-22,24-26H,7-8H2,1H3. The van der Waals surface area contributed by atoms with E-state index in [2.05, 4.69) is 10.9 Å². The third-order valence-electron chi connectivity index (χ3n) is 5.48. The Hall–Kier alpha value is -2.61. The first-order chi connectivity index (χ1) is 13.0. The van der Waals surface area contributed by atoms with E-state index in [1.165, 1.54) is 0 Å². The Morgan fingerprint density at radius 3 is 2.59 bits per heavy atom. The lowest BCUT2D eigenvalue weighted by Crippen LogP contribution is -2.42. The van der Waals surface area contributed by atoms with E-state index in [4.69, 9.17) is 0 Å². The van der Waals surface area contributed by atoms with Gasteiger partial charge in [0, 0.05) is 18.0 Å². The van der Waals surface area contributed by atoms with Gasteiger partial charge in [0.05, 0.1) is 18.7 Å². The van der Waals surface area contributed by atoms with Crippen LogP contribution in [0.2, 0.25) is 0 Å². The van der Waals surface area contributed by atoms with Crippen LogP contribution in [0.5, 0.6) is 11.5 Å². The Morgan fingerprint density at radius 2 is 1.85 bits per heavy atom. The molecule has 4 atom stereocenters. The minimum Gasteiger partial charge on any atom is -0.508 e. The van der Waals surface area contributed by atoms with Crippen molar-refractivity contribution in [2.75, 3.05) is 13.2 Å². The first-order valence-electron chi connectivity index (χ1n) is 9.02. The molecule has 7 nitrogen and oxygen atoms in total. The minimum atomic E-state index is -0.478. The van der Waals surface area contributed by atoms with Crippen molar-refractivity contribution in [2.45, 2.75) is 25.0 Å². The molecule has 0 aliphatic carbocycles. The van der Waals surface area contributed by atoms with E-state index in [-0.39, 0.29) is 48.6 Å². The highest BCUT2D eigenvalue weighted by molar-refractivity contribution is 5.86. The zero-order valence-electron chi connectivity index (χ0n) is 15.0. The van der Waals surface area contributed by atoms with Gasteiger partial charge >= 0.3 is 0 Å². The minimum absolute atomic E-state index is 0.107. The number of rotatable bonds is 4. The van der Waals surface area contributed by atoms with E-state index < -0.39 is 6.04 Å². The zero-order valence-corrected chi connectivity index (χ0v) is 15.0. The summed E-state index contributed by atoms with van der Waals surface area (Å²) in [5.41, 5.74) is 8.77. The van der Waals surface area contributed by atoms with Gasteiger partial charge in [-0.1, -0.05) is 29.8 Å². The van der Waals surface area contributed by atoms with E-state index in [0.717, 1.165) is 16.7 Å². The molecule has 2 aromatic carbocycles. The van der Waals surface area contributed by atoms with E-state index in [0.29, 0.717) is 0 Å². The summed E-state index contributed by atoms with van der Waals surface area (Å²) in [6.45, 7) is 2.02. The van der Waals surface area contributed by atoms with Gasteiger partial charge in [0.1, 0.15) is 17.5 Å². The molecule has 2 aliphatic rings. The van der Waals surface area contributed by atoms with Crippen LogP contribution < -0.4 is 10.9 Å². The van der Waals surface area contributed by atoms with Crippen molar-refractivity contribution < 1.29 is 20.1 Å². The second-order valence-electron chi connectivity index (χ2n) is 7.18. The Morgan fingerprint density at radius 1 is 1.07 bits per heavy atom. The van der Waals surface area contributed by atoms with Gasteiger partial charge in [-0.05, 0) is 30.7 Å². The van der Waals surface area contributed by atoms with Gasteiger partial charge in [0.25, 0.3) is 0 Å². The second-order valence-corrected chi connectivity index (χ2v) is 7.18. The lowest BCUT2D eigenvalue weighted by atomic mass is 9.83. The van der Waals surface area contributed by atoms with Crippen molar-refractivity contribution >= 4 is 5.91 Å². The molecular formula is C20H23N3O4. The molecule has 0 spiro atoms. The average Bonchev–Trinajstić information content (AvgIpc) is 3.17. The molecule has 4 unspecified atom stereocenters. The summed E-state index contributed by atoms with van der Waals surface area (Å²) in [4.78, 5) is 14.6. The number of likely N-dealkylation sites (tertiary alicyclic amines) is 1. The number of nitrogens with zero attached hydrogens (tertiary/aromatic N) is 1. The molecule has 2 heterocycles. The van der Waals surface area contributed by atoms with Crippen molar-refractivity contribution in [2.24, 2.45) is 5.92 Å². The lowest BCUT2D eigenvalue weighted by molar-refractivity contribution is -0.131. The van der Waals surface area contributed by atoms with Gasteiger partial charge in [-0.25, -0.2) is 10.9 Å². The van der Waals surface area contributed by atoms with Crippen LogP contribution in [0.15, 0.2) is 42.5 Å². The number of carbonyl (C=O) groups is 1. The zero-order chi connectivity index (χ0) is 19.1. The molecule has 1 amide bonds. The van der Waals surface area contributed by atoms with Gasteiger partial charge in [-0.2, -0.15) is 0 Å². The predicted molar refractivity (Wildman–Crippen MR) is 98.8 cm³/mol. The first kappa shape index (κ1) is 17.8. The molecule has 2 fully saturated rings. The molecule has 0 bridgehead atoms. The number of hydrazine groups is 1. The fourth-order valence-electron chi connectivity index (χ4n) is 4.36. The van der Waals surface area contributed by atoms with Gasteiger partial charge in [0.15, 0.2) is 0 Å². The van der Waals surface area contributed by atoms with E-state index in [9.17, 15) is 20.1 Å². The number of aromatic hydroxyl groups is 2. The molecule has 2 aliphatic heterocycles. The summed E-state index contributed by atoms with van der Waals surface area (Å²) in [6.07, 6.45) is 0. The molecule has 0 aromatic heterocycles. The molecule has 5 N–H and O–H groups in total. The summed E-state index contributed by atoms with van der Waals surface area (Å²) in [6, 6.07) is 11.1. The van der Waals surface area contributed by atoms with Gasteiger partial charge in [0.2, 0.25) is 5.91 Å². The molecular weight excluding hydrogens is 346 g/mol. The normalized spacial score (nSPS) is 27.2. The highest BCUT2D eigenvalue weighted by atomic mass is 16.3. The number of hydrogen-bond donors (Lipinski definition) is 5. The lowest BCUT2D eigenvalue weighted by Gasteiger charge is -2.31. The highest BCUT2D eigenvalue weighted by Crippen LogP contribution is 2.48. The van der Waals surface area contributed by atoms with E-state index in [1.54, 1.807) is 29.2 Å². The van der Waals surface area contributed by atoms with Crippen molar-refractivity contribution in [3.63, 3.8) is 0 Å². The number of phenols is 2. The van der Waals surface area contributed by atoms with Crippen LogP contribution in [0.3, 0.4) is 0 Å². The Labute approximate surface area is 157 Å². The molecule has 7 heteroatoms. The van der Waals surface area contributed by atoms with E-state index >= 15 is 0 Å². The number of nitrogens with one attached hydrogen (secondary N) is 2. The Bertz CT molecular complexity index is 872. The maximum atomic E-state index is 13.0. The van der Waals surface area contributed by atoms with Gasteiger partial charge in [-0.3, -0.25) is 4.79 Å². The molecule has 142 valence electrons. The smallest absolute Gasteiger partial charge is 0.242 e.